The summed E-state index contributed by atoms with van der Waals surface area (Å²) in [5, 5.41) is 3.37. The van der Waals surface area contributed by atoms with Crippen LogP contribution >= 0.6 is 0 Å². The van der Waals surface area contributed by atoms with Gasteiger partial charge in [-0.25, -0.2) is 0 Å². The zero-order valence-electron chi connectivity index (χ0n) is 9.98. The van der Waals surface area contributed by atoms with Gasteiger partial charge in [-0.1, -0.05) is 12.1 Å². The molecule has 17 heavy (non-hydrogen) atoms. The van der Waals surface area contributed by atoms with Crippen LogP contribution in [0.3, 0.4) is 0 Å². The first-order chi connectivity index (χ1) is 8.40. The second kappa shape index (κ2) is 4.49. The molecule has 3 rings (SSSR count). The van der Waals surface area contributed by atoms with Gasteiger partial charge in [0, 0.05) is 37.8 Å². The third kappa shape index (κ3) is 1.84. The minimum Gasteiger partial charge on any atom is -0.369 e. The second-order valence-corrected chi connectivity index (χ2v) is 4.87. The number of nitrogens with zero attached hydrogens (tertiary/aromatic N) is 1. The van der Waals surface area contributed by atoms with Crippen molar-refractivity contribution in [1.29, 1.82) is 0 Å². The molecule has 3 nitrogen and oxygen atoms in total. The van der Waals surface area contributed by atoms with E-state index in [1.54, 1.807) is 0 Å². The fraction of sp³-hybridized carbons (Fsp3) is 0.500. The summed E-state index contributed by atoms with van der Waals surface area (Å²) >= 11 is 0. The minimum atomic E-state index is 0.121. The highest BCUT2D eigenvalue weighted by atomic mass is 16.1. The molecule has 1 N–H and O–H groups in total. The molecular weight excluding hydrogens is 212 g/mol. The van der Waals surface area contributed by atoms with E-state index in [1.807, 2.05) is 0 Å². The Labute approximate surface area is 102 Å². The van der Waals surface area contributed by atoms with Crippen molar-refractivity contribution in [1.82, 2.24) is 5.32 Å². The zero-order chi connectivity index (χ0) is 11.7. The number of fused-ring (bicyclic) bond motifs is 1. The van der Waals surface area contributed by atoms with E-state index in [9.17, 15) is 4.79 Å². The number of piperazine rings is 1. The lowest BCUT2D eigenvalue weighted by Crippen LogP contribution is -2.44. The molecule has 0 amide bonds. The number of benzene rings is 1. The summed E-state index contributed by atoms with van der Waals surface area (Å²) in [7, 11) is 0. The number of nitrogens with one attached hydrogen (secondary N) is 1. The Bertz CT molecular complexity index is 424. The van der Waals surface area contributed by atoms with Crippen LogP contribution in [0, 0.1) is 0 Å². The Kier molecular flexibility index (Phi) is 2.85. The maximum Gasteiger partial charge on any atom is 0.127 e. The molecule has 3 heteroatoms. The fourth-order valence-electron chi connectivity index (χ4n) is 3.02. The maximum absolute atomic E-state index is 11.2. The van der Waals surface area contributed by atoms with E-state index in [2.05, 4.69) is 28.4 Å². The topological polar surface area (TPSA) is 32.3 Å². The fourth-order valence-corrected chi connectivity index (χ4v) is 3.02. The van der Waals surface area contributed by atoms with Crippen LogP contribution in [0.25, 0.3) is 0 Å². The van der Waals surface area contributed by atoms with Gasteiger partial charge in [0.1, 0.15) is 6.29 Å². The van der Waals surface area contributed by atoms with Crippen molar-refractivity contribution in [3.63, 3.8) is 0 Å². The first kappa shape index (κ1) is 10.8. The van der Waals surface area contributed by atoms with E-state index in [0.717, 1.165) is 45.3 Å². The highest BCUT2D eigenvalue weighted by molar-refractivity contribution is 5.73. The predicted octanol–water partition coefficient (Wildman–Crippen LogP) is 1.32. The summed E-state index contributed by atoms with van der Waals surface area (Å²) in [5.41, 5.74) is 3.96. The maximum atomic E-state index is 11.2. The van der Waals surface area contributed by atoms with Crippen LogP contribution in [-0.2, 0) is 11.2 Å². The van der Waals surface area contributed by atoms with Crippen LogP contribution in [-0.4, -0.2) is 32.5 Å². The molecule has 2 aliphatic rings. The summed E-state index contributed by atoms with van der Waals surface area (Å²) in [6.45, 7) is 4.16. The quantitative estimate of drug-likeness (QED) is 0.778. The Morgan fingerprint density at radius 1 is 1.29 bits per heavy atom. The summed E-state index contributed by atoms with van der Waals surface area (Å²) in [5.74, 6) is 0.121. The lowest BCUT2D eigenvalue weighted by atomic mass is 9.99. The number of carbonyl (C=O) groups excluding carboxylic acids is 1. The van der Waals surface area contributed by atoms with Gasteiger partial charge in [-0.15, -0.1) is 0 Å². The molecule has 0 bridgehead atoms. The van der Waals surface area contributed by atoms with Crippen LogP contribution < -0.4 is 10.2 Å². The van der Waals surface area contributed by atoms with Crippen molar-refractivity contribution in [2.24, 2.45) is 0 Å². The standard InChI is InChI=1S/C14H18N2O/c17-10-12-5-4-11-2-1-3-13(14(11)12)16-8-6-15-7-9-16/h1-3,10,12,15H,4-9H2. The van der Waals surface area contributed by atoms with Crippen molar-refractivity contribution in [2.75, 3.05) is 31.1 Å². The van der Waals surface area contributed by atoms with E-state index in [1.165, 1.54) is 16.8 Å². The third-order valence-electron chi connectivity index (χ3n) is 3.89. The number of aldehydes is 1. The van der Waals surface area contributed by atoms with Crippen molar-refractivity contribution >= 4 is 12.0 Å². The Balaban J connectivity index is 1.99. The Morgan fingerprint density at radius 2 is 2.12 bits per heavy atom. The average Bonchev–Trinajstić information content (AvgIpc) is 2.82. The van der Waals surface area contributed by atoms with E-state index < -0.39 is 0 Å². The minimum absolute atomic E-state index is 0.121. The van der Waals surface area contributed by atoms with Gasteiger partial charge in [0.05, 0.1) is 0 Å². The van der Waals surface area contributed by atoms with E-state index in [4.69, 9.17) is 0 Å². The number of anilines is 1. The first-order valence-corrected chi connectivity index (χ1v) is 6.43. The van der Waals surface area contributed by atoms with Gasteiger partial charge >= 0.3 is 0 Å². The Morgan fingerprint density at radius 3 is 2.88 bits per heavy atom. The van der Waals surface area contributed by atoms with Gasteiger partial charge in [0.15, 0.2) is 0 Å². The van der Waals surface area contributed by atoms with Gasteiger partial charge in [0.25, 0.3) is 0 Å². The smallest absolute Gasteiger partial charge is 0.127 e. The van der Waals surface area contributed by atoms with Crippen molar-refractivity contribution in [3.8, 4) is 0 Å². The van der Waals surface area contributed by atoms with Gasteiger partial charge in [-0.3, -0.25) is 0 Å². The SMILES string of the molecule is O=CC1CCc2cccc(N3CCNCC3)c21. The van der Waals surface area contributed by atoms with Gasteiger partial charge in [-0.2, -0.15) is 0 Å². The predicted molar refractivity (Wildman–Crippen MR) is 68.7 cm³/mol. The molecular formula is C14H18N2O. The summed E-state index contributed by atoms with van der Waals surface area (Å²) < 4.78 is 0. The molecule has 1 aliphatic heterocycles. The molecule has 0 saturated carbocycles. The highest BCUT2D eigenvalue weighted by Gasteiger charge is 2.27. The highest BCUT2D eigenvalue weighted by Crippen LogP contribution is 2.38. The summed E-state index contributed by atoms with van der Waals surface area (Å²) in [6, 6.07) is 6.47. The third-order valence-corrected chi connectivity index (χ3v) is 3.89. The molecule has 1 fully saturated rings. The summed E-state index contributed by atoms with van der Waals surface area (Å²) in [6.07, 6.45) is 3.16. The molecule has 1 atom stereocenters. The average molecular weight is 230 g/mol. The van der Waals surface area contributed by atoms with Gasteiger partial charge in [0.2, 0.25) is 0 Å². The van der Waals surface area contributed by atoms with E-state index in [0.29, 0.717) is 0 Å². The second-order valence-electron chi connectivity index (χ2n) is 4.87. The molecule has 1 aliphatic carbocycles. The lowest BCUT2D eigenvalue weighted by Gasteiger charge is -2.31. The van der Waals surface area contributed by atoms with Crippen LogP contribution in [0.2, 0.25) is 0 Å². The molecule has 1 aromatic carbocycles. The number of carbonyl (C=O) groups is 1. The van der Waals surface area contributed by atoms with Crippen LogP contribution in [0.1, 0.15) is 23.5 Å². The summed E-state index contributed by atoms with van der Waals surface area (Å²) in [4.78, 5) is 13.6. The number of aryl methyl sites for hydroxylation is 1. The van der Waals surface area contributed by atoms with Crippen LogP contribution in [0.5, 0.6) is 0 Å². The number of hydrogen-bond acceptors (Lipinski definition) is 3. The monoisotopic (exact) mass is 230 g/mol. The lowest BCUT2D eigenvalue weighted by molar-refractivity contribution is -0.109. The van der Waals surface area contributed by atoms with Crippen LogP contribution in [0.15, 0.2) is 18.2 Å². The van der Waals surface area contributed by atoms with E-state index >= 15 is 0 Å². The first-order valence-electron chi connectivity index (χ1n) is 6.43. The molecule has 1 saturated heterocycles. The largest absolute Gasteiger partial charge is 0.369 e. The van der Waals surface area contributed by atoms with Crippen molar-refractivity contribution in [3.05, 3.63) is 29.3 Å². The Hall–Kier alpha value is -1.35. The van der Waals surface area contributed by atoms with Crippen LogP contribution in [0.4, 0.5) is 5.69 Å². The molecule has 1 unspecified atom stereocenters. The molecule has 0 radical (unpaired) electrons. The van der Waals surface area contributed by atoms with Crippen molar-refractivity contribution in [2.45, 2.75) is 18.8 Å². The number of hydrogen-bond donors (Lipinski definition) is 1. The molecule has 1 heterocycles. The van der Waals surface area contributed by atoms with Crippen molar-refractivity contribution < 1.29 is 4.79 Å². The molecule has 1 aromatic rings. The molecule has 0 spiro atoms. The van der Waals surface area contributed by atoms with Gasteiger partial charge < -0.3 is 15.0 Å². The molecule has 0 aromatic heterocycles. The van der Waals surface area contributed by atoms with E-state index in [-0.39, 0.29) is 5.92 Å². The normalized spacial score (nSPS) is 23.5. The zero-order valence-corrected chi connectivity index (χ0v) is 9.98. The molecule has 90 valence electrons. The van der Waals surface area contributed by atoms with Gasteiger partial charge in [-0.05, 0) is 30.0 Å². The number of rotatable bonds is 2.